The van der Waals surface area contributed by atoms with Crippen LogP contribution in [0.25, 0.3) is 0 Å². The van der Waals surface area contributed by atoms with Gasteiger partial charge in [0.15, 0.2) is 0 Å². The van der Waals surface area contributed by atoms with E-state index in [1.165, 1.54) is 0 Å². The second kappa shape index (κ2) is 9.19. The Morgan fingerprint density at radius 3 is 2.63 bits per heavy atom. The first-order valence-electron chi connectivity index (χ1n) is 11.3. The van der Waals surface area contributed by atoms with E-state index in [-0.39, 0.29) is 31.4 Å². The summed E-state index contributed by atoms with van der Waals surface area (Å²) in [6.45, 7) is 1.86. The molecule has 2 aliphatic heterocycles. The molecule has 1 spiro atoms. The summed E-state index contributed by atoms with van der Waals surface area (Å²) >= 11 is 12.6. The molecule has 0 bridgehead atoms. The number of fused-ring (bicyclic) bond motifs is 2. The molecular formula is C27H24Cl2N2O4. The SMILES string of the molecule is Cc1ccc(OCCO)c([C@H]2NC(=O)C[C@@H](c3cccc(Cl)c3)[C@]23C(=O)Nc2cc(Cl)ccc23)c1. The standard InChI is InChI=1S/C27H24Cl2N2O4/c1-15-5-8-23(35-10-9-32)19(11-15)25-27(20-7-6-18(29)13-22(20)30-26(27)34)21(14-24(33)31-25)16-3-2-4-17(28)12-16/h2-8,11-13,21,25,32H,9-10,14H2,1H3,(H,30,34)(H,31,33)/t21-,25+,27-/m0/s1. The van der Waals surface area contributed by atoms with Crippen LogP contribution < -0.4 is 15.4 Å². The molecule has 3 N–H and O–H groups in total. The fourth-order valence-corrected chi connectivity index (χ4v) is 5.82. The molecule has 0 radical (unpaired) electrons. The topological polar surface area (TPSA) is 87.7 Å². The number of benzene rings is 3. The molecule has 2 aliphatic rings. The summed E-state index contributed by atoms with van der Waals surface area (Å²) in [6.07, 6.45) is 0.102. The van der Waals surface area contributed by atoms with Crippen molar-refractivity contribution in [2.24, 2.45) is 0 Å². The zero-order valence-electron chi connectivity index (χ0n) is 19.0. The third-order valence-corrected chi connectivity index (χ3v) is 7.30. The number of ether oxygens (including phenoxy) is 1. The van der Waals surface area contributed by atoms with Crippen molar-refractivity contribution >= 4 is 40.7 Å². The third-order valence-electron chi connectivity index (χ3n) is 6.83. The lowest BCUT2D eigenvalue weighted by Crippen LogP contribution is -2.56. The van der Waals surface area contributed by atoms with Gasteiger partial charge in [-0.3, -0.25) is 9.59 Å². The maximum absolute atomic E-state index is 14.1. The molecule has 0 aliphatic carbocycles. The molecule has 0 unspecified atom stereocenters. The van der Waals surface area contributed by atoms with Crippen LogP contribution in [-0.4, -0.2) is 30.1 Å². The van der Waals surface area contributed by atoms with Crippen molar-refractivity contribution in [3.8, 4) is 5.75 Å². The highest BCUT2D eigenvalue weighted by atomic mass is 35.5. The Kier molecular flexibility index (Phi) is 6.21. The number of piperidine rings is 1. The first kappa shape index (κ1) is 23.7. The monoisotopic (exact) mass is 510 g/mol. The number of nitrogens with one attached hydrogen (secondary N) is 2. The molecule has 1 saturated heterocycles. The van der Waals surface area contributed by atoms with Gasteiger partial charge in [-0.05, 0) is 48.4 Å². The second-order valence-corrected chi connectivity index (χ2v) is 9.81. The summed E-state index contributed by atoms with van der Waals surface area (Å²) in [4.78, 5) is 27.2. The van der Waals surface area contributed by atoms with E-state index in [9.17, 15) is 14.7 Å². The van der Waals surface area contributed by atoms with Crippen LogP contribution in [0.1, 0.15) is 40.6 Å². The normalized spacial score (nSPS) is 23.1. The maximum Gasteiger partial charge on any atom is 0.238 e. The van der Waals surface area contributed by atoms with Gasteiger partial charge in [-0.2, -0.15) is 0 Å². The molecule has 5 rings (SSSR count). The zero-order valence-corrected chi connectivity index (χ0v) is 20.5. The van der Waals surface area contributed by atoms with Gasteiger partial charge < -0.3 is 20.5 Å². The van der Waals surface area contributed by atoms with Crippen molar-refractivity contribution in [2.45, 2.75) is 30.7 Å². The van der Waals surface area contributed by atoms with Crippen LogP contribution in [0.15, 0.2) is 60.7 Å². The van der Waals surface area contributed by atoms with E-state index < -0.39 is 17.4 Å². The molecule has 6 nitrogen and oxygen atoms in total. The molecule has 8 heteroatoms. The third kappa shape index (κ3) is 3.96. The first-order chi connectivity index (χ1) is 16.8. The molecule has 0 saturated carbocycles. The van der Waals surface area contributed by atoms with Gasteiger partial charge in [0.1, 0.15) is 17.8 Å². The number of hydrogen-bond acceptors (Lipinski definition) is 4. The lowest BCUT2D eigenvalue weighted by molar-refractivity contribution is -0.131. The van der Waals surface area contributed by atoms with Gasteiger partial charge in [0, 0.05) is 33.6 Å². The molecule has 180 valence electrons. The van der Waals surface area contributed by atoms with E-state index in [0.717, 1.165) is 16.7 Å². The van der Waals surface area contributed by atoms with Gasteiger partial charge in [0.2, 0.25) is 11.8 Å². The van der Waals surface area contributed by atoms with Crippen molar-refractivity contribution in [1.82, 2.24) is 5.32 Å². The van der Waals surface area contributed by atoms with Crippen LogP contribution in [-0.2, 0) is 15.0 Å². The van der Waals surface area contributed by atoms with E-state index >= 15 is 0 Å². The summed E-state index contributed by atoms with van der Waals surface area (Å²) in [7, 11) is 0. The molecule has 3 atom stereocenters. The largest absolute Gasteiger partial charge is 0.491 e. The summed E-state index contributed by atoms with van der Waals surface area (Å²) in [5.41, 5.74) is 2.57. The van der Waals surface area contributed by atoms with Crippen LogP contribution in [0.2, 0.25) is 10.0 Å². The van der Waals surface area contributed by atoms with Crippen molar-refractivity contribution < 1.29 is 19.4 Å². The quantitative estimate of drug-likeness (QED) is 0.455. The van der Waals surface area contributed by atoms with Gasteiger partial charge in [-0.25, -0.2) is 0 Å². The highest BCUT2D eigenvalue weighted by Crippen LogP contribution is 2.58. The lowest BCUT2D eigenvalue weighted by Gasteiger charge is -2.46. The first-order valence-corrected chi connectivity index (χ1v) is 12.1. The summed E-state index contributed by atoms with van der Waals surface area (Å²) in [6, 6.07) is 17.5. The lowest BCUT2D eigenvalue weighted by atomic mass is 9.59. The van der Waals surface area contributed by atoms with Crippen molar-refractivity contribution in [2.75, 3.05) is 18.5 Å². The Balaban J connectivity index is 1.80. The van der Waals surface area contributed by atoms with Crippen molar-refractivity contribution in [3.05, 3.63) is 93.0 Å². The number of aliphatic hydroxyl groups excluding tert-OH is 1. The molecule has 0 aromatic heterocycles. The molecule has 2 amide bonds. The minimum absolute atomic E-state index is 0.0832. The van der Waals surface area contributed by atoms with Gasteiger partial charge in [0.05, 0.1) is 12.6 Å². The molecule has 3 aromatic rings. The van der Waals surface area contributed by atoms with Crippen LogP contribution in [0.5, 0.6) is 5.75 Å². The van der Waals surface area contributed by atoms with E-state index in [1.807, 2.05) is 43.3 Å². The highest BCUT2D eigenvalue weighted by molar-refractivity contribution is 6.31. The summed E-state index contributed by atoms with van der Waals surface area (Å²) in [5.74, 6) is -0.431. The van der Waals surface area contributed by atoms with Gasteiger partial charge >= 0.3 is 0 Å². The Morgan fingerprint density at radius 1 is 1.06 bits per heavy atom. The zero-order chi connectivity index (χ0) is 24.7. The van der Waals surface area contributed by atoms with Crippen molar-refractivity contribution in [3.63, 3.8) is 0 Å². The molecule has 3 aromatic carbocycles. The van der Waals surface area contributed by atoms with Crippen LogP contribution >= 0.6 is 23.2 Å². The van der Waals surface area contributed by atoms with Gasteiger partial charge in [0.25, 0.3) is 0 Å². The Labute approximate surface area is 213 Å². The molecular weight excluding hydrogens is 487 g/mol. The maximum atomic E-state index is 14.1. The fraction of sp³-hybridized carbons (Fsp3) is 0.259. The van der Waals surface area contributed by atoms with Crippen molar-refractivity contribution in [1.29, 1.82) is 0 Å². The highest BCUT2D eigenvalue weighted by Gasteiger charge is 2.61. The number of aryl methyl sites for hydroxylation is 1. The van der Waals surface area contributed by atoms with Crippen LogP contribution in [0.3, 0.4) is 0 Å². The minimum atomic E-state index is -1.19. The number of halogens is 2. The Bertz CT molecular complexity index is 1330. The molecule has 1 fully saturated rings. The molecule has 2 heterocycles. The number of amides is 2. The minimum Gasteiger partial charge on any atom is -0.491 e. The number of carbonyl (C=O) groups is 2. The van der Waals surface area contributed by atoms with Crippen LogP contribution in [0, 0.1) is 6.92 Å². The fourth-order valence-electron chi connectivity index (χ4n) is 5.45. The summed E-state index contributed by atoms with van der Waals surface area (Å²) < 4.78 is 5.86. The average Bonchev–Trinajstić information content (AvgIpc) is 3.10. The number of hydrogen-bond donors (Lipinski definition) is 3. The Hall–Kier alpha value is -3.06. The average molecular weight is 511 g/mol. The van der Waals surface area contributed by atoms with Gasteiger partial charge in [-0.1, -0.05) is 59.1 Å². The number of anilines is 1. The van der Waals surface area contributed by atoms with E-state index in [1.54, 1.807) is 24.3 Å². The van der Waals surface area contributed by atoms with E-state index in [2.05, 4.69) is 10.6 Å². The van der Waals surface area contributed by atoms with E-state index in [0.29, 0.717) is 27.0 Å². The van der Waals surface area contributed by atoms with Gasteiger partial charge in [-0.15, -0.1) is 0 Å². The predicted octanol–water partition coefficient (Wildman–Crippen LogP) is 4.91. The second-order valence-electron chi connectivity index (χ2n) is 8.94. The van der Waals surface area contributed by atoms with E-state index in [4.69, 9.17) is 27.9 Å². The predicted molar refractivity (Wildman–Crippen MR) is 135 cm³/mol. The Morgan fingerprint density at radius 2 is 1.86 bits per heavy atom. The summed E-state index contributed by atoms with van der Waals surface area (Å²) in [5, 5.41) is 16.5. The molecule has 35 heavy (non-hydrogen) atoms. The number of carbonyl (C=O) groups excluding carboxylic acids is 2. The number of aliphatic hydroxyl groups is 1. The smallest absolute Gasteiger partial charge is 0.238 e. The van der Waals surface area contributed by atoms with Crippen LogP contribution in [0.4, 0.5) is 5.69 Å². The number of rotatable bonds is 5.